The van der Waals surface area contributed by atoms with Gasteiger partial charge < -0.3 is 20.1 Å². The lowest BCUT2D eigenvalue weighted by molar-refractivity contribution is -0.0147. The largest absolute Gasteiger partial charge is 0.392 e. The molecule has 6 heteroatoms. The molecule has 106 valence electrons. The van der Waals surface area contributed by atoms with Crippen LogP contribution >= 0.6 is 0 Å². The number of aliphatic hydroxyl groups is 1. The molecule has 2 heterocycles. The Morgan fingerprint density at radius 3 is 2.90 bits per heavy atom. The van der Waals surface area contributed by atoms with E-state index in [4.69, 9.17) is 16.9 Å². The predicted molar refractivity (Wildman–Crippen MR) is 77.0 cm³/mol. The highest BCUT2D eigenvalue weighted by atomic mass is 16.5. The molecular weight excluding hydrogens is 256 g/mol. The van der Waals surface area contributed by atoms with Gasteiger partial charge in [0.1, 0.15) is 17.8 Å². The van der Waals surface area contributed by atoms with Gasteiger partial charge in [0, 0.05) is 26.3 Å². The van der Waals surface area contributed by atoms with Crippen LogP contribution in [-0.2, 0) is 11.3 Å². The van der Waals surface area contributed by atoms with Crippen LogP contribution in [0.25, 0.3) is 11.0 Å². The molecule has 2 aromatic heterocycles. The molecule has 0 spiro atoms. The van der Waals surface area contributed by atoms with Gasteiger partial charge in [0.2, 0.25) is 0 Å². The molecule has 1 atom stereocenters. The zero-order chi connectivity index (χ0) is 14.8. The lowest BCUT2D eigenvalue weighted by Crippen LogP contribution is -2.35. The van der Waals surface area contributed by atoms with Gasteiger partial charge in [-0.3, -0.25) is 0 Å². The van der Waals surface area contributed by atoms with E-state index in [1.54, 1.807) is 0 Å². The van der Waals surface area contributed by atoms with Gasteiger partial charge in [0.05, 0.1) is 12.0 Å². The predicted octanol–water partition coefficient (Wildman–Crippen LogP) is 0.723. The summed E-state index contributed by atoms with van der Waals surface area (Å²) in [5.41, 5.74) is 6.66. The molecule has 6 nitrogen and oxygen atoms in total. The number of nitrogen functional groups attached to an aromatic ring is 1. The van der Waals surface area contributed by atoms with Gasteiger partial charge in [-0.15, -0.1) is 6.42 Å². The van der Waals surface area contributed by atoms with E-state index in [1.165, 1.54) is 13.4 Å². The summed E-state index contributed by atoms with van der Waals surface area (Å²) >= 11 is 0. The van der Waals surface area contributed by atoms with Crippen LogP contribution in [0.3, 0.4) is 0 Å². The smallest absolute Gasteiger partial charge is 0.152 e. The standard InChI is InChI=1S/C14H18N4O2/c1-4-14(8-19,20-3)5-6-18-7-10(2)11-12(15)16-9-17-13(11)18/h1,7,9,19H,5-6,8H2,2-3H3,(H2,15,16,17). The van der Waals surface area contributed by atoms with Crippen molar-refractivity contribution in [3.05, 3.63) is 18.1 Å². The molecule has 0 bridgehead atoms. The van der Waals surface area contributed by atoms with Gasteiger partial charge in [-0.2, -0.15) is 0 Å². The average molecular weight is 274 g/mol. The molecule has 3 N–H and O–H groups in total. The summed E-state index contributed by atoms with van der Waals surface area (Å²) < 4.78 is 7.19. The highest BCUT2D eigenvalue weighted by Gasteiger charge is 2.26. The van der Waals surface area contributed by atoms with Crippen molar-refractivity contribution in [1.29, 1.82) is 0 Å². The Bertz CT molecular complexity index is 653. The number of terminal acetylenes is 1. The first kappa shape index (κ1) is 14.3. The minimum absolute atomic E-state index is 0.227. The van der Waals surface area contributed by atoms with E-state index in [0.717, 1.165) is 16.6 Å². The molecule has 20 heavy (non-hydrogen) atoms. The number of aromatic nitrogens is 3. The van der Waals surface area contributed by atoms with E-state index in [2.05, 4.69) is 15.9 Å². The van der Waals surface area contributed by atoms with Gasteiger partial charge >= 0.3 is 0 Å². The van der Waals surface area contributed by atoms with Crippen LogP contribution in [0.5, 0.6) is 0 Å². The molecule has 0 saturated heterocycles. The fourth-order valence-electron chi connectivity index (χ4n) is 2.24. The highest BCUT2D eigenvalue weighted by molar-refractivity contribution is 5.89. The van der Waals surface area contributed by atoms with Crippen molar-refractivity contribution in [1.82, 2.24) is 14.5 Å². The quantitative estimate of drug-likeness (QED) is 0.785. The van der Waals surface area contributed by atoms with Gasteiger partial charge in [-0.25, -0.2) is 9.97 Å². The van der Waals surface area contributed by atoms with E-state index in [-0.39, 0.29) is 6.61 Å². The van der Waals surface area contributed by atoms with Crippen molar-refractivity contribution in [2.45, 2.75) is 25.5 Å². The number of methoxy groups -OCH3 is 1. The fourth-order valence-corrected chi connectivity index (χ4v) is 2.24. The Morgan fingerprint density at radius 1 is 1.55 bits per heavy atom. The highest BCUT2D eigenvalue weighted by Crippen LogP contribution is 2.24. The molecule has 1 unspecified atom stereocenters. The Hall–Kier alpha value is -2.10. The third-order valence-corrected chi connectivity index (χ3v) is 3.54. The first-order valence-corrected chi connectivity index (χ1v) is 6.26. The SMILES string of the molecule is C#CC(CO)(CCn1cc(C)c2c(N)ncnc21)OC. The van der Waals surface area contributed by atoms with Crippen molar-refractivity contribution in [2.24, 2.45) is 0 Å². The summed E-state index contributed by atoms with van der Waals surface area (Å²) in [5.74, 6) is 2.97. The molecule has 2 rings (SSSR count). The lowest BCUT2D eigenvalue weighted by atomic mass is 10.0. The molecule has 0 aromatic carbocycles. The Morgan fingerprint density at radius 2 is 2.30 bits per heavy atom. The minimum Gasteiger partial charge on any atom is -0.392 e. The van der Waals surface area contributed by atoms with E-state index in [1.807, 2.05) is 17.7 Å². The maximum Gasteiger partial charge on any atom is 0.152 e. The first-order valence-electron chi connectivity index (χ1n) is 6.26. The molecule has 2 aromatic rings. The van der Waals surface area contributed by atoms with Crippen LogP contribution in [0, 0.1) is 19.3 Å². The summed E-state index contributed by atoms with van der Waals surface area (Å²) in [4.78, 5) is 8.25. The summed E-state index contributed by atoms with van der Waals surface area (Å²) in [6.07, 6.45) is 9.30. The zero-order valence-electron chi connectivity index (χ0n) is 11.6. The van der Waals surface area contributed by atoms with Gasteiger partial charge in [-0.1, -0.05) is 5.92 Å². The molecule has 0 aliphatic carbocycles. The maximum atomic E-state index is 9.39. The van der Waals surface area contributed by atoms with Crippen LogP contribution in [0.15, 0.2) is 12.5 Å². The summed E-state index contributed by atoms with van der Waals surface area (Å²) in [5, 5.41) is 10.2. The van der Waals surface area contributed by atoms with Crippen molar-refractivity contribution in [3.8, 4) is 12.3 Å². The number of aliphatic hydroxyl groups excluding tert-OH is 1. The molecule has 0 amide bonds. The number of hydrogen-bond donors (Lipinski definition) is 2. The van der Waals surface area contributed by atoms with E-state index < -0.39 is 5.60 Å². The molecule has 0 aliphatic heterocycles. The monoisotopic (exact) mass is 274 g/mol. The summed E-state index contributed by atoms with van der Waals surface area (Å²) in [6.45, 7) is 2.30. The number of aryl methyl sites for hydroxylation is 2. The first-order chi connectivity index (χ1) is 9.56. The number of hydrogen-bond acceptors (Lipinski definition) is 5. The zero-order valence-corrected chi connectivity index (χ0v) is 11.6. The number of nitrogens with two attached hydrogens (primary N) is 1. The van der Waals surface area contributed by atoms with Crippen LogP contribution in [0.1, 0.15) is 12.0 Å². The Kier molecular flexibility index (Phi) is 3.93. The summed E-state index contributed by atoms with van der Waals surface area (Å²) in [7, 11) is 1.50. The normalized spacial score (nSPS) is 14.1. The number of ether oxygens (including phenoxy) is 1. The van der Waals surface area contributed by atoms with Crippen LogP contribution in [0.4, 0.5) is 5.82 Å². The average Bonchev–Trinajstić information content (AvgIpc) is 2.79. The second-order valence-electron chi connectivity index (χ2n) is 4.71. The minimum atomic E-state index is -0.969. The number of nitrogens with zero attached hydrogens (tertiary/aromatic N) is 3. The lowest BCUT2D eigenvalue weighted by Gasteiger charge is -2.24. The molecular formula is C14H18N4O2. The summed E-state index contributed by atoms with van der Waals surface area (Å²) in [6, 6.07) is 0. The molecule has 0 aliphatic rings. The maximum absolute atomic E-state index is 9.39. The number of fused-ring (bicyclic) bond motifs is 1. The molecule has 0 radical (unpaired) electrons. The molecule has 0 fully saturated rings. The van der Waals surface area contributed by atoms with E-state index in [0.29, 0.717) is 18.8 Å². The van der Waals surface area contributed by atoms with E-state index in [9.17, 15) is 5.11 Å². The third-order valence-electron chi connectivity index (χ3n) is 3.54. The Balaban J connectivity index is 2.32. The van der Waals surface area contributed by atoms with Crippen LogP contribution in [0.2, 0.25) is 0 Å². The second kappa shape index (κ2) is 5.49. The van der Waals surface area contributed by atoms with Crippen molar-refractivity contribution >= 4 is 16.9 Å². The van der Waals surface area contributed by atoms with Crippen LogP contribution < -0.4 is 5.73 Å². The Labute approximate surface area is 117 Å². The van der Waals surface area contributed by atoms with Crippen molar-refractivity contribution < 1.29 is 9.84 Å². The van der Waals surface area contributed by atoms with Gasteiger partial charge in [-0.05, 0) is 12.5 Å². The van der Waals surface area contributed by atoms with E-state index >= 15 is 0 Å². The number of anilines is 1. The number of rotatable bonds is 5. The van der Waals surface area contributed by atoms with Crippen molar-refractivity contribution in [2.75, 3.05) is 19.5 Å². The van der Waals surface area contributed by atoms with Crippen molar-refractivity contribution in [3.63, 3.8) is 0 Å². The van der Waals surface area contributed by atoms with Crippen LogP contribution in [-0.4, -0.2) is 39.0 Å². The third kappa shape index (κ3) is 2.33. The van der Waals surface area contributed by atoms with Gasteiger partial charge in [0.15, 0.2) is 5.60 Å². The molecule has 0 saturated carbocycles. The second-order valence-corrected chi connectivity index (χ2v) is 4.71. The topological polar surface area (TPSA) is 86.2 Å². The van der Waals surface area contributed by atoms with Gasteiger partial charge in [0.25, 0.3) is 0 Å². The fraction of sp³-hybridized carbons (Fsp3) is 0.429.